The van der Waals surface area contributed by atoms with Crippen LogP contribution in [0.25, 0.3) is 0 Å². The van der Waals surface area contributed by atoms with Crippen molar-refractivity contribution >= 4 is 23.2 Å². The van der Waals surface area contributed by atoms with Crippen LogP contribution < -0.4 is 5.32 Å². The summed E-state index contributed by atoms with van der Waals surface area (Å²) < 4.78 is 4.83. The Bertz CT molecular complexity index is 643. The van der Waals surface area contributed by atoms with Gasteiger partial charge < -0.3 is 9.84 Å². The highest BCUT2D eigenvalue weighted by Gasteiger charge is 2.12. The predicted molar refractivity (Wildman–Crippen MR) is 65.4 cm³/mol. The van der Waals surface area contributed by atoms with Gasteiger partial charge in [-0.2, -0.15) is 5.26 Å². The van der Waals surface area contributed by atoms with E-state index in [1.165, 1.54) is 18.2 Å². The number of nitrogens with zero attached hydrogens (tertiary/aromatic N) is 2. The molecule has 1 aromatic carbocycles. The maximum atomic E-state index is 11.7. The summed E-state index contributed by atoms with van der Waals surface area (Å²) in [6.45, 7) is 1.72. The highest BCUT2D eigenvalue weighted by Crippen LogP contribution is 2.20. The van der Waals surface area contributed by atoms with Crippen molar-refractivity contribution in [1.82, 2.24) is 5.16 Å². The molecule has 1 N–H and O–H groups in total. The lowest BCUT2D eigenvalue weighted by molar-refractivity contribution is 0.0988. The SMILES string of the molecule is Cc1cc(C(=O)Nc2ccc(C#N)c(Cl)c2)on1. The van der Waals surface area contributed by atoms with E-state index in [-0.39, 0.29) is 10.8 Å². The molecular weight excluding hydrogens is 254 g/mol. The number of aromatic nitrogens is 1. The van der Waals surface area contributed by atoms with Gasteiger partial charge in [0.2, 0.25) is 5.76 Å². The Morgan fingerprint density at radius 2 is 2.28 bits per heavy atom. The Morgan fingerprint density at radius 1 is 1.50 bits per heavy atom. The highest BCUT2D eigenvalue weighted by atomic mass is 35.5. The third kappa shape index (κ3) is 2.50. The van der Waals surface area contributed by atoms with Gasteiger partial charge in [-0.1, -0.05) is 16.8 Å². The van der Waals surface area contributed by atoms with Gasteiger partial charge in [0.15, 0.2) is 0 Å². The van der Waals surface area contributed by atoms with Gasteiger partial charge in [-0.15, -0.1) is 0 Å². The molecule has 5 nitrogen and oxygen atoms in total. The Balaban J connectivity index is 2.17. The molecule has 1 heterocycles. The molecule has 18 heavy (non-hydrogen) atoms. The summed E-state index contributed by atoms with van der Waals surface area (Å²) in [5.74, 6) is -0.302. The summed E-state index contributed by atoms with van der Waals surface area (Å²) in [6, 6.07) is 8.09. The van der Waals surface area contributed by atoms with E-state index >= 15 is 0 Å². The minimum absolute atomic E-state index is 0.119. The van der Waals surface area contributed by atoms with E-state index in [1.807, 2.05) is 6.07 Å². The number of rotatable bonds is 2. The monoisotopic (exact) mass is 261 g/mol. The first-order valence-electron chi connectivity index (χ1n) is 5.04. The summed E-state index contributed by atoms with van der Waals surface area (Å²) in [6.07, 6.45) is 0. The Morgan fingerprint density at radius 3 is 2.83 bits per heavy atom. The second-order valence-corrected chi connectivity index (χ2v) is 4.00. The van der Waals surface area contributed by atoms with Crippen LogP contribution in [0.1, 0.15) is 21.8 Å². The van der Waals surface area contributed by atoms with Gasteiger partial charge in [0.05, 0.1) is 16.3 Å². The second kappa shape index (κ2) is 4.90. The van der Waals surface area contributed by atoms with Crippen LogP contribution in [0.3, 0.4) is 0 Å². The lowest BCUT2D eigenvalue weighted by Gasteiger charge is -2.03. The standard InChI is InChI=1S/C12H8ClN3O2/c1-7-4-11(18-16-7)12(17)15-9-3-2-8(6-14)10(13)5-9/h2-5H,1H3,(H,15,17). The summed E-state index contributed by atoms with van der Waals surface area (Å²) >= 11 is 5.85. The van der Waals surface area contributed by atoms with E-state index < -0.39 is 5.91 Å². The van der Waals surface area contributed by atoms with Gasteiger partial charge in [0.1, 0.15) is 6.07 Å². The number of aryl methyl sites for hydroxylation is 1. The van der Waals surface area contributed by atoms with Crippen LogP contribution >= 0.6 is 11.6 Å². The quantitative estimate of drug-likeness (QED) is 0.901. The number of nitriles is 1. The fourth-order valence-electron chi connectivity index (χ4n) is 1.35. The minimum Gasteiger partial charge on any atom is -0.351 e. The molecule has 0 aliphatic rings. The van der Waals surface area contributed by atoms with Gasteiger partial charge >= 0.3 is 0 Å². The molecule has 0 bridgehead atoms. The normalized spacial score (nSPS) is 9.83. The molecular formula is C12H8ClN3O2. The molecule has 6 heteroatoms. The van der Waals surface area contributed by atoms with Crippen molar-refractivity contribution in [2.24, 2.45) is 0 Å². The molecule has 2 rings (SSSR count). The third-order valence-corrected chi connectivity index (χ3v) is 2.51. The maximum Gasteiger partial charge on any atom is 0.294 e. The summed E-state index contributed by atoms with van der Waals surface area (Å²) in [4.78, 5) is 11.7. The Kier molecular flexibility index (Phi) is 3.31. The topological polar surface area (TPSA) is 78.9 Å². The smallest absolute Gasteiger partial charge is 0.294 e. The molecule has 0 spiro atoms. The zero-order chi connectivity index (χ0) is 13.1. The van der Waals surface area contributed by atoms with Crippen LogP contribution in [-0.2, 0) is 0 Å². The molecule has 0 aliphatic carbocycles. The first-order chi connectivity index (χ1) is 8.60. The second-order valence-electron chi connectivity index (χ2n) is 3.59. The van der Waals surface area contributed by atoms with E-state index in [4.69, 9.17) is 21.4 Å². The first-order valence-corrected chi connectivity index (χ1v) is 5.42. The number of halogens is 1. The molecule has 0 atom stereocenters. The van der Waals surface area contributed by atoms with Crippen LogP contribution in [0.4, 0.5) is 5.69 Å². The van der Waals surface area contributed by atoms with Crippen LogP contribution in [0.2, 0.25) is 5.02 Å². The van der Waals surface area contributed by atoms with Crippen molar-refractivity contribution in [2.45, 2.75) is 6.92 Å². The molecule has 1 amide bonds. The summed E-state index contributed by atoms with van der Waals surface area (Å²) in [7, 11) is 0. The van der Waals surface area contributed by atoms with E-state index in [1.54, 1.807) is 13.0 Å². The minimum atomic E-state index is -0.420. The van der Waals surface area contributed by atoms with Crippen LogP contribution in [0.5, 0.6) is 0 Å². The predicted octanol–water partition coefficient (Wildman–Crippen LogP) is 2.76. The molecule has 0 saturated carbocycles. The number of hydrogen-bond donors (Lipinski definition) is 1. The van der Waals surface area contributed by atoms with E-state index in [0.29, 0.717) is 16.9 Å². The van der Waals surface area contributed by atoms with E-state index in [0.717, 1.165) is 0 Å². The van der Waals surface area contributed by atoms with Crippen molar-refractivity contribution in [2.75, 3.05) is 5.32 Å². The van der Waals surface area contributed by atoms with Crippen molar-refractivity contribution < 1.29 is 9.32 Å². The Hall–Kier alpha value is -2.32. The van der Waals surface area contributed by atoms with Crippen molar-refractivity contribution in [3.63, 3.8) is 0 Å². The first kappa shape index (κ1) is 12.1. The zero-order valence-corrected chi connectivity index (χ0v) is 10.2. The van der Waals surface area contributed by atoms with Gasteiger partial charge in [-0.05, 0) is 25.1 Å². The molecule has 1 aromatic heterocycles. The van der Waals surface area contributed by atoms with Crippen LogP contribution in [0, 0.1) is 18.3 Å². The largest absolute Gasteiger partial charge is 0.351 e. The van der Waals surface area contributed by atoms with E-state index in [2.05, 4.69) is 10.5 Å². The molecule has 0 unspecified atom stereocenters. The molecule has 90 valence electrons. The molecule has 0 aliphatic heterocycles. The third-order valence-electron chi connectivity index (χ3n) is 2.20. The van der Waals surface area contributed by atoms with Gasteiger partial charge in [-0.25, -0.2) is 0 Å². The molecule has 2 aromatic rings. The van der Waals surface area contributed by atoms with Gasteiger partial charge in [0.25, 0.3) is 5.91 Å². The summed E-state index contributed by atoms with van der Waals surface area (Å²) in [5, 5.41) is 15.2. The average Bonchev–Trinajstić information content (AvgIpc) is 2.76. The fraction of sp³-hybridized carbons (Fsp3) is 0.0833. The van der Waals surface area contributed by atoms with Crippen molar-refractivity contribution in [3.05, 3.63) is 46.3 Å². The lowest BCUT2D eigenvalue weighted by atomic mass is 10.2. The number of hydrogen-bond acceptors (Lipinski definition) is 4. The van der Waals surface area contributed by atoms with Crippen LogP contribution in [0.15, 0.2) is 28.8 Å². The number of carbonyl (C=O) groups excluding carboxylic acids is 1. The fourth-order valence-corrected chi connectivity index (χ4v) is 1.57. The number of amides is 1. The lowest BCUT2D eigenvalue weighted by Crippen LogP contribution is -2.10. The molecule has 0 saturated heterocycles. The number of anilines is 1. The zero-order valence-electron chi connectivity index (χ0n) is 9.40. The van der Waals surface area contributed by atoms with Crippen LogP contribution in [-0.4, -0.2) is 11.1 Å². The van der Waals surface area contributed by atoms with E-state index in [9.17, 15) is 4.79 Å². The van der Waals surface area contributed by atoms with Gasteiger partial charge in [0, 0.05) is 11.8 Å². The van der Waals surface area contributed by atoms with Gasteiger partial charge in [-0.3, -0.25) is 4.79 Å². The Labute approximate surface area is 108 Å². The number of carbonyl (C=O) groups is 1. The van der Waals surface area contributed by atoms with Crippen molar-refractivity contribution in [3.8, 4) is 6.07 Å². The average molecular weight is 262 g/mol. The number of benzene rings is 1. The molecule has 0 fully saturated rings. The van der Waals surface area contributed by atoms with Crippen molar-refractivity contribution in [1.29, 1.82) is 5.26 Å². The maximum absolute atomic E-state index is 11.7. The highest BCUT2D eigenvalue weighted by molar-refractivity contribution is 6.32. The number of nitrogens with one attached hydrogen (secondary N) is 1. The molecule has 0 radical (unpaired) electrons. The summed E-state index contributed by atoms with van der Waals surface area (Å²) in [5.41, 5.74) is 1.46.